The van der Waals surface area contributed by atoms with Crippen molar-refractivity contribution in [2.24, 2.45) is 5.84 Å². The number of rotatable bonds is 4. The summed E-state index contributed by atoms with van der Waals surface area (Å²) < 4.78 is 1.06. The number of hydrogen-bond acceptors (Lipinski definition) is 4. The highest BCUT2D eigenvalue weighted by molar-refractivity contribution is 9.10. The molecule has 1 aromatic heterocycles. The number of benzene rings is 1. The molecule has 5 heteroatoms. The summed E-state index contributed by atoms with van der Waals surface area (Å²) in [5, 5.41) is 1.12. The van der Waals surface area contributed by atoms with Crippen LogP contribution in [0.4, 0.5) is 0 Å². The molecule has 0 aliphatic carbocycles. The predicted molar refractivity (Wildman–Crippen MR) is 79.5 cm³/mol. The molecule has 0 aliphatic rings. The molecule has 0 radical (unpaired) electrons. The number of aromatic nitrogens is 1. The van der Waals surface area contributed by atoms with Crippen LogP contribution < -0.4 is 11.3 Å². The smallest absolute Gasteiger partial charge is 0.0950 e. The van der Waals surface area contributed by atoms with Gasteiger partial charge < -0.3 is 0 Å². The summed E-state index contributed by atoms with van der Waals surface area (Å²) in [6.07, 6.45) is 0.812. The summed E-state index contributed by atoms with van der Waals surface area (Å²) in [5.74, 6) is 5.66. The van der Waals surface area contributed by atoms with E-state index >= 15 is 0 Å². The van der Waals surface area contributed by atoms with E-state index in [4.69, 9.17) is 5.84 Å². The first-order valence-corrected chi connectivity index (χ1v) is 7.35. The summed E-state index contributed by atoms with van der Waals surface area (Å²) in [6, 6.07) is 8.27. The van der Waals surface area contributed by atoms with Gasteiger partial charge in [-0.3, -0.25) is 11.3 Å². The highest BCUT2D eigenvalue weighted by Crippen LogP contribution is 2.24. The lowest BCUT2D eigenvalue weighted by Crippen LogP contribution is -2.29. The van der Waals surface area contributed by atoms with Gasteiger partial charge in [-0.2, -0.15) is 0 Å². The Labute approximate surface area is 120 Å². The fraction of sp³-hybridized carbons (Fsp3) is 0.308. The van der Waals surface area contributed by atoms with Gasteiger partial charge in [0.2, 0.25) is 0 Å². The number of nitrogens with zero attached hydrogens (tertiary/aromatic N) is 1. The van der Waals surface area contributed by atoms with Crippen molar-refractivity contribution < 1.29 is 0 Å². The van der Waals surface area contributed by atoms with Gasteiger partial charge in [-0.1, -0.05) is 28.1 Å². The Morgan fingerprint density at radius 2 is 2.22 bits per heavy atom. The van der Waals surface area contributed by atoms with E-state index < -0.39 is 0 Å². The maximum Gasteiger partial charge on any atom is 0.0950 e. The van der Waals surface area contributed by atoms with E-state index in [2.05, 4.69) is 45.4 Å². The number of hydrogen-bond donors (Lipinski definition) is 2. The maximum atomic E-state index is 5.66. The van der Waals surface area contributed by atoms with Crippen LogP contribution in [0.1, 0.15) is 27.2 Å². The van der Waals surface area contributed by atoms with E-state index in [-0.39, 0.29) is 6.04 Å². The second-order valence-corrected chi connectivity index (χ2v) is 6.43. The molecule has 0 spiro atoms. The number of aryl methyl sites for hydroxylation is 2. The van der Waals surface area contributed by atoms with E-state index in [1.165, 1.54) is 4.88 Å². The SMILES string of the molecule is Cc1nc(CC(NN)c2cccc(Br)c2)sc1C. The second-order valence-electron chi connectivity index (χ2n) is 4.23. The molecule has 0 saturated heterocycles. The van der Waals surface area contributed by atoms with Gasteiger partial charge in [0, 0.05) is 15.8 Å². The Bertz CT molecular complexity index is 519. The molecule has 3 nitrogen and oxygen atoms in total. The van der Waals surface area contributed by atoms with Crippen LogP contribution in [0.25, 0.3) is 0 Å². The second kappa shape index (κ2) is 5.93. The van der Waals surface area contributed by atoms with E-state index in [0.717, 1.165) is 27.2 Å². The zero-order valence-corrected chi connectivity index (χ0v) is 12.8. The van der Waals surface area contributed by atoms with Crippen molar-refractivity contribution in [2.45, 2.75) is 26.3 Å². The average molecular weight is 326 g/mol. The number of hydrazine groups is 1. The lowest BCUT2D eigenvalue weighted by atomic mass is 10.1. The number of thiazole rings is 1. The summed E-state index contributed by atoms with van der Waals surface area (Å²) in [7, 11) is 0. The molecule has 1 unspecified atom stereocenters. The van der Waals surface area contributed by atoms with Gasteiger partial charge in [0.1, 0.15) is 0 Å². The van der Waals surface area contributed by atoms with Crippen molar-refractivity contribution in [1.82, 2.24) is 10.4 Å². The molecule has 0 fully saturated rings. The van der Waals surface area contributed by atoms with E-state index in [1.807, 2.05) is 19.1 Å². The lowest BCUT2D eigenvalue weighted by Gasteiger charge is -2.15. The molecule has 0 amide bonds. The number of nitrogens with two attached hydrogens (primary N) is 1. The minimum absolute atomic E-state index is 0.0902. The van der Waals surface area contributed by atoms with Crippen molar-refractivity contribution >= 4 is 27.3 Å². The van der Waals surface area contributed by atoms with Crippen molar-refractivity contribution in [1.29, 1.82) is 0 Å². The Kier molecular flexibility index (Phi) is 4.50. The third-order valence-electron chi connectivity index (χ3n) is 2.90. The van der Waals surface area contributed by atoms with Crippen molar-refractivity contribution in [3.8, 4) is 0 Å². The first-order chi connectivity index (χ1) is 8.60. The molecule has 1 heterocycles. The van der Waals surface area contributed by atoms with Gasteiger partial charge in [0.25, 0.3) is 0 Å². The Morgan fingerprint density at radius 3 is 2.78 bits per heavy atom. The number of halogens is 1. The van der Waals surface area contributed by atoms with E-state index in [9.17, 15) is 0 Å². The van der Waals surface area contributed by atoms with Gasteiger partial charge >= 0.3 is 0 Å². The largest absolute Gasteiger partial charge is 0.271 e. The Morgan fingerprint density at radius 1 is 1.44 bits per heavy atom. The topological polar surface area (TPSA) is 50.9 Å². The zero-order chi connectivity index (χ0) is 13.1. The first-order valence-electron chi connectivity index (χ1n) is 5.74. The molecular weight excluding hydrogens is 310 g/mol. The van der Waals surface area contributed by atoms with Gasteiger partial charge in [-0.05, 0) is 31.5 Å². The molecule has 0 bridgehead atoms. The van der Waals surface area contributed by atoms with Crippen LogP contribution in [-0.4, -0.2) is 4.98 Å². The van der Waals surface area contributed by atoms with Crippen LogP contribution in [0.2, 0.25) is 0 Å². The molecule has 1 atom stereocenters. The molecule has 0 saturated carbocycles. The summed E-state index contributed by atoms with van der Waals surface area (Å²) in [4.78, 5) is 5.83. The molecule has 1 aromatic carbocycles. The molecular formula is C13H16BrN3S. The predicted octanol–water partition coefficient (Wildman–Crippen LogP) is 3.27. The fourth-order valence-electron chi connectivity index (χ4n) is 1.80. The Hall–Kier alpha value is -0.750. The quantitative estimate of drug-likeness (QED) is 0.670. The van der Waals surface area contributed by atoms with Crippen molar-refractivity contribution in [3.63, 3.8) is 0 Å². The lowest BCUT2D eigenvalue weighted by molar-refractivity contribution is 0.550. The van der Waals surface area contributed by atoms with E-state index in [0.29, 0.717) is 0 Å². The fourth-order valence-corrected chi connectivity index (χ4v) is 3.19. The monoisotopic (exact) mass is 325 g/mol. The molecule has 18 heavy (non-hydrogen) atoms. The Balaban J connectivity index is 2.19. The molecule has 0 aliphatic heterocycles. The molecule has 2 aromatic rings. The third-order valence-corrected chi connectivity index (χ3v) is 4.49. The van der Waals surface area contributed by atoms with Crippen molar-refractivity contribution in [3.05, 3.63) is 49.9 Å². The molecule has 96 valence electrons. The zero-order valence-electron chi connectivity index (χ0n) is 10.4. The summed E-state index contributed by atoms with van der Waals surface area (Å²) in [6.45, 7) is 4.14. The van der Waals surface area contributed by atoms with Crippen LogP contribution in [0.5, 0.6) is 0 Å². The summed E-state index contributed by atoms with van der Waals surface area (Å²) >= 11 is 5.22. The maximum absolute atomic E-state index is 5.66. The van der Waals surface area contributed by atoms with Crippen molar-refractivity contribution in [2.75, 3.05) is 0 Å². The van der Waals surface area contributed by atoms with Gasteiger partial charge in [0.15, 0.2) is 0 Å². The highest BCUT2D eigenvalue weighted by atomic mass is 79.9. The van der Waals surface area contributed by atoms with Crippen LogP contribution in [0.3, 0.4) is 0 Å². The standard InChI is InChI=1S/C13H16BrN3S/c1-8-9(2)18-13(16-8)7-12(17-15)10-4-3-5-11(14)6-10/h3-6,12,17H,7,15H2,1-2H3. The van der Waals surface area contributed by atoms with Gasteiger partial charge in [-0.15, -0.1) is 11.3 Å². The molecule has 3 N–H and O–H groups in total. The normalized spacial score (nSPS) is 12.7. The average Bonchev–Trinajstić information content (AvgIpc) is 2.65. The van der Waals surface area contributed by atoms with Gasteiger partial charge in [-0.25, -0.2) is 4.98 Å². The minimum atomic E-state index is 0.0902. The third kappa shape index (κ3) is 3.17. The van der Waals surface area contributed by atoms with Gasteiger partial charge in [0.05, 0.1) is 16.7 Å². The highest BCUT2D eigenvalue weighted by Gasteiger charge is 2.14. The number of nitrogens with one attached hydrogen (secondary N) is 1. The van der Waals surface area contributed by atoms with E-state index in [1.54, 1.807) is 11.3 Å². The summed E-state index contributed by atoms with van der Waals surface area (Å²) in [5.41, 5.74) is 5.14. The van der Waals surface area contributed by atoms with Crippen LogP contribution in [-0.2, 0) is 6.42 Å². The van der Waals surface area contributed by atoms with Crippen LogP contribution >= 0.6 is 27.3 Å². The minimum Gasteiger partial charge on any atom is -0.271 e. The van der Waals surface area contributed by atoms with Crippen LogP contribution in [0, 0.1) is 13.8 Å². The first kappa shape index (κ1) is 13.7. The van der Waals surface area contributed by atoms with Crippen LogP contribution in [0.15, 0.2) is 28.7 Å². The molecule has 2 rings (SSSR count).